The normalized spacial score (nSPS) is 22.6. The zero-order chi connectivity index (χ0) is 38.6. The Morgan fingerprint density at radius 1 is 0.981 bits per heavy atom. The number of carbonyl (C=O) groups is 6. The van der Waals surface area contributed by atoms with Crippen LogP contribution in [0.5, 0.6) is 0 Å². The Bertz CT molecular complexity index is 1290. The van der Waals surface area contributed by atoms with Crippen LogP contribution in [-0.2, 0) is 24.0 Å². The Balaban J connectivity index is 1.81. The van der Waals surface area contributed by atoms with Crippen LogP contribution in [0.2, 0.25) is 0 Å². The van der Waals surface area contributed by atoms with Gasteiger partial charge in [-0.05, 0) is 0 Å². The van der Waals surface area contributed by atoms with E-state index in [1.807, 2.05) is 27.7 Å². The third-order valence-electron chi connectivity index (χ3n) is 10.9. The second-order valence-corrected chi connectivity index (χ2v) is 21.8. The first kappa shape index (κ1) is 43.6. The molecule has 1 saturated carbocycles. The van der Waals surface area contributed by atoms with Gasteiger partial charge in [-0.2, -0.15) is 0 Å². The number of urea groups is 1. The summed E-state index contributed by atoms with van der Waals surface area (Å²) in [5.41, 5.74) is -0.648. The average Bonchev–Trinajstić information content (AvgIpc) is 3.11. The third-order valence-corrected chi connectivity index (χ3v) is 17.0. The van der Waals surface area contributed by atoms with Crippen LogP contribution >= 0.6 is 19.8 Å². The van der Waals surface area contributed by atoms with Crippen molar-refractivity contribution in [3.05, 3.63) is 12.7 Å². The molecule has 52 heavy (non-hydrogen) atoms. The number of piperidine rings is 1. The maximum atomic E-state index is 14.6. The van der Waals surface area contributed by atoms with Crippen molar-refractivity contribution in [1.82, 2.24) is 26.2 Å². The van der Waals surface area contributed by atoms with E-state index in [1.165, 1.54) is 4.90 Å². The SMILES string of the molecule is C=CCNC(=O)C(=N)C(CCCC)NC(=O)[C@H]1CI(C(=O)[C@@H](NC(=O)N[C@H](CN2C(=O)CCCC2=O)C(C)(C)C)C2CCCCC2)CC[C@@H]1C(C)C. The third kappa shape index (κ3) is 12.4. The van der Waals surface area contributed by atoms with E-state index >= 15 is 0 Å². The number of halogens is 1. The number of imide groups is 1. The van der Waals surface area contributed by atoms with Gasteiger partial charge in [0, 0.05) is 0 Å². The summed E-state index contributed by atoms with van der Waals surface area (Å²) < 4.78 is 1.36. The topological polar surface area (TPSA) is 178 Å². The van der Waals surface area contributed by atoms with Gasteiger partial charge in [-0.1, -0.05) is 0 Å². The molecule has 0 aromatic heterocycles. The number of amides is 6. The summed E-state index contributed by atoms with van der Waals surface area (Å²) in [6, 6.07) is -2.39. The summed E-state index contributed by atoms with van der Waals surface area (Å²) in [6.45, 7) is 16.0. The number of hydrogen-bond donors (Lipinski definition) is 5. The van der Waals surface area contributed by atoms with E-state index in [0.29, 0.717) is 30.1 Å². The number of nitrogens with zero attached hydrogens (tertiary/aromatic N) is 1. The van der Waals surface area contributed by atoms with Gasteiger partial charge < -0.3 is 0 Å². The number of unbranched alkanes of at least 4 members (excludes halogenated alkanes) is 1. The van der Waals surface area contributed by atoms with E-state index in [-0.39, 0.29) is 58.1 Å². The molecule has 12 nitrogen and oxygen atoms in total. The van der Waals surface area contributed by atoms with Gasteiger partial charge in [-0.15, -0.1) is 0 Å². The molecule has 6 amide bonds. The van der Waals surface area contributed by atoms with Gasteiger partial charge >= 0.3 is 320 Å². The molecule has 2 aliphatic heterocycles. The van der Waals surface area contributed by atoms with E-state index in [2.05, 4.69) is 41.7 Å². The fourth-order valence-corrected chi connectivity index (χ4v) is 14.2. The Morgan fingerprint density at radius 3 is 2.21 bits per heavy atom. The van der Waals surface area contributed by atoms with Gasteiger partial charge in [0.05, 0.1) is 0 Å². The first-order valence-corrected chi connectivity index (χ1v) is 23.6. The average molecular weight is 841 g/mol. The predicted molar refractivity (Wildman–Crippen MR) is 213 cm³/mol. The standard InChI is InChI=1S/C39H65IN6O6/c1-8-10-17-29(33(41)37(51)42-22-9-2)43-36(50)28-23-40(21-20-27(28)25(3)4)35(49)34(26-15-12-11-13-16-26)45-38(52)44-30(39(5,6)7)24-46-31(47)18-14-19-32(46)48/h9,25-30,34,41H,2,8,10-24H2,1,3-7H3,(H,42,51)(H,43,50)(H2,44,45,52)/t27-,28+,29?,30-,34+/m1/s1. The summed E-state index contributed by atoms with van der Waals surface area (Å²) in [6.07, 6.45) is 10.3. The monoisotopic (exact) mass is 840 g/mol. The molecule has 5 atom stereocenters. The van der Waals surface area contributed by atoms with Crippen molar-refractivity contribution in [1.29, 1.82) is 5.41 Å². The summed E-state index contributed by atoms with van der Waals surface area (Å²) in [4.78, 5) is 81.7. The first-order chi connectivity index (χ1) is 24.6. The van der Waals surface area contributed by atoms with Crippen LogP contribution in [-0.4, -0.2) is 84.1 Å². The van der Waals surface area contributed by atoms with Crippen LogP contribution in [0.3, 0.4) is 0 Å². The van der Waals surface area contributed by atoms with Crippen LogP contribution in [0.4, 0.5) is 4.79 Å². The van der Waals surface area contributed by atoms with Crippen LogP contribution < -0.4 is 21.3 Å². The van der Waals surface area contributed by atoms with E-state index in [1.54, 1.807) is 6.08 Å². The molecule has 2 heterocycles. The van der Waals surface area contributed by atoms with Crippen molar-refractivity contribution in [3.63, 3.8) is 0 Å². The molecule has 0 bridgehead atoms. The van der Waals surface area contributed by atoms with Gasteiger partial charge in [0.15, 0.2) is 0 Å². The number of likely N-dealkylation sites (tertiary alicyclic amines) is 1. The van der Waals surface area contributed by atoms with Crippen molar-refractivity contribution in [2.45, 2.75) is 137 Å². The van der Waals surface area contributed by atoms with Gasteiger partial charge in [0.1, 0.15) is 0 Å². The minimum absolute atomic E-state index is 0.00529. The van der Waals surface area contributed by atoms with Gasteiger partial charge in [-0.25, -0.2) is 0 Å². The van der Waals surface area contributed by atoms with E-state index in [0.717, 1.165) is 55.8 Å². The predicted octanol–water partition coefficient (Wildman–Crippen LogP) is 5.51. The summed E-state index contributed by atoms with van der Waals surface area (Å²) in [7, 11) is 0. The molecule has 13 heteroatoms. The molecule has 0 aromatic rings. The van der Waals surface area contributed by atoms with Crippen molar-refractivity contribution < 1.29 is 28.8 Å². The molecule has 0 aromatic carbocycles. The van der Waals surface area contributed by atoms with Crippen molar-refractivity contribution in [3.8, 4) is 0 Å². The second kappa shape index (κ2) is 20.6. The Hall–Kier alpha value is -2.84. The zero-order valence-corrected chi connectivity index (χ0v) is 34.6. The number of hydrogen-bond acceptors (Lipinski definition) is 7. The van der Waals surface area contributed by atoms with E-state index in [4.69, 9.17) is 5.41 Å². The molecular formula is C39H65IN6O6. The molecule has 0 radical (unpaired) electrons. The van der Waals surface area contributed by atoms with Gasteiger partial charge in [0.2, 0.25) is 0 Å². The van der Waals surface area contributed by atoms with Crippen molar-refractivity contribution >= 4 is 59.0 Å². The Labute approximate surface area is 318 Å². The number of carbonyl (C=O) groups excluding carboxylic acids is 6. The maximum absolute atomic E-state index is 14.6. The molecule has 0 spiro atoms. The van der Waals surface area contributed by atoms with Crippen LogP contribution in [0, 0.1) is 34.5 Å². The molecule has 1 unspecified atom stereocenters. The molecule has 3 fully saturated rings. The van der Waals surface area contributed by atoms with Crippen LogP contribution in [0.25, 0.3) is 0 Å². The van der Waals surface area contributed by atoms with E-state index in [9.17, 15) is 28.8 Å². The minimum atomic E-state index is -2.46. The van der Waals surface area contributed by atoms with Gasteiger partial charge in [0.25, 0.3) is 0 Å². The Kier molecular flexibility index (Phi) is 17.2. The number of nitrogens with one attached hydrogen (secondary N) is 5. The molecule has 1 aliphatic carbocycles. The number of rotatable bonds is 17. The molecule has 5 N–H and O–H groups in total. The zero-order valence-electron chi connectivity index (χ0n) is 32.4. The fourth-order valence-electron chi connectivity index (χ4n) is 7.53. The quantitative estimate of drug-likeness (QED) is 0.0322. The molecule has 3 rings (SSSR count). The number of alkyl halides is 2. The Morgan fingerprint density at radius 2 is 1.63 bits per heavy atom. The second-order valence-electron chi connectivity index (χ2n) is 16.2. The molecular weight excluding hydrogens is 775 g/mol. The fraction of sp³-hybridized carbons (Fsp3) is 0.769. The van der Waals surface area contributed by atoms with Crippen LogP contribution in [0.15, 0.2) is 12.7 Å². The summed E-state index contributed by atoms with van der Waals surface area (Å²) in [5, 5.41) is 20.4. The molecule has 294 valence electrons. The van der Waals surface area contributed by atoms with Crippen LogP contribution in [0.1, 0.15) is 119 Å². The van der Waals surface area contributed by atoms with E-state index < -0.39 is 61.2 Å². The van der Waals surface area contributed by atoms with Crippen molar-refractivity contribution in [2.24, 2.45) is 29.1 Å². The van der Waals surface area contributed by atoms with Crippen molar-refractivity contribution in [2.75, 3.05) is 21.9 Å². The summed E-state index contributed by atoms with van der Waals surface area (Å²) >= 11 is -2.46. The summed E-state index contributed by atoms with van der Waals surface area (Å²) in [5.74, 6) is -1.33. The molecule has 3 aliphatic rings. The first-order valence-electron chi connectivity index (χ1n) is 19.4. The van der Waals surface area contributed by atoms with Gasteiger partial charge in [-0.3, -0.25) is 0 Å². The molecule has 2 saturated heterocycles.